The Hall–Kier alpha value is -0.810. The highest BCUT2D eigenvalue weighted by Gasteiger charge is 1.97. The molecule has 0 spiro atoms. The summed E-state index contributed by atoms with van der Waals surface area (Å²) in [6, 6.07) is 0. The Morgan fingerprint density at radius 2 is 0.476 bits per heavy atom. The van der Waals surface area contributed by atoms with Crippen LogP contribution in [0.5, 0.6) is 0 Å². The molecule has 13 heteroatoms. The molecule has 0 aliphatic carbocycles. The highest BCUT2D eigenvalue weighted by Crippen LogP contribution is 1.88. The van der Waals surface area contributed by atoms with Crippen LogP contribution in [-0.2, 0) is 61.6 Å². The fraction of sp³-hybridized carbons (Fsp3) is 0.966. The molecule has 0 N–H and O–H groups in total. The standard InChI is InChI=1S/C29H58O13/c1-3-5-31-7-9-33-11-13-35-15-17-37-19-21-39-23-25-41-27-28-42-26-24-40-22-20-38-18-16-36-14-12-34-10-8-32-6-4-29(2)30/h3-28H2,1-2H3. The van der Waals surface area contributed by atoms with Crippen molar-refractivity contribution in [1.29, 1.82) is 0 Å². The number of Topliss-reactive ketones (excluding diaryl/α,β-unsaturated/α-hetero) is 1. The van der Waals surface area contributed by atoms with E-state index in [0.717, 1.165) is 13.0 Å². The summed E-state index contributed by atoms with van der Waals surface area (Å²) in [7, 11) is 0. The van der Waals surface area contributed by atoms with Crippen LogP contribution in [0.25, 0.3) is 0 Å². The van der Waals surface area contributed by atoms with Crippen LogP contribution in [0.1, 0.15) is 26.7 Å². The van der Waals surface area contributed by atoms with Crippen molar-refractivity contribution >= 4 is 5.78 Å². The summed E-state index contributed by atoms with van der Waals surface area (Å²) in [5.41, 5.74) is 0. The average molecular weight is 615 g/mol. The maximum atomic E-state index is 10.8. The van der Waals surface area contributed by atoms with E-state index >= 15 is 0 Å². The summed E-state index contributed by atoms with van der Waals surface area (Å²) < 4.78 is 65.0. The van der Waals surface area contributed by atoms with Gasteiger partial charge in [-0.1, -0.05) is 6.92 Å². The second kappa shape index (κ2) is 38.2. The molecule has 0 radical (unpaired) electrons. The zero-order valence-corrected chi connectivity index (χ0v) is 26.2. The lowest BCUT2D eigenvalue weighted by molar-refractivity contribution is -0.118. The zero-order valence-electron chi connectivity index (χ0n) is 26.2. The first kappa shape index (κ1) is 41.2. The average Bonchev–Trinajstić information content (AvgIpc) is 2.98. The molecule has 0 aromatic carbocycles. The maximum absolute atomic E-state index is 10.8. The van der Waals surface area contributed by atoms with Gasteiger partial charge in [0.15, 0.2) is 0 Å². The van der Waals surface area contributed by atoms with Crippen LogP contribution < -0.4 is 0 Å². The molecule has 0 atom stereocenters. The van der Waals surface area contributed by atoms with Crippen molar-refractivity contribution in [2.24, 2.45) is 0 Å². The molecule has 0 heterocycles. The van der Waals surface area contributed by atoms with E-state index in [2.05, 4.69) is 6.92 Å². The van der Waals surface area contributed by atoms with Crippen LogP contribution in [0.2, 0.25) is 0 Å². The summed E-state index contributed by atoms with van der Waals surface area (Å²) in [5.74, 6) is 0.127. The third-order valence-electron chi connectivity index (χ3n) is 5.04. The summed E-state index contributed by atoms with van der Waals surface area (Å²) in [5, 5.41) is 0. The molecule has 0 aliphatic heterocycles. The number of carbonyl (C=O) groups excluding carboxylic acids is 1. The van der Waals surface area contributed by atoms with Gasteiger partial charge in [0.25, 0.3) is 0 Å². The van der Waals surface area contributed by atoms with Gasteiger partial charge >= 0.3 is 0 Å². The Balaban J connectivity index is 3.03. The SMILES string of the molecule is CCCOCCOCCOCCOCCOCCOCCOCCOCCOCCOCCOCCOCCC(C)=O. The minimum absolute atomic E-state index is 0.127. The van der Waals surface area contributed by atoms with E-state index in [1.807, 2.05) is 0 Å². The Kier molecular flexibility index (Phi) is 37.5. The van der Waals surface area contributed by atoms with Crippen molar-refractivity contribution in [3.05, 3.63) is 0 Å². The van der Waals surface area contributed by atoms with Crippen LogP contribution in [0, 0.1) is 0 Å². The van der Waals surface area contributed by atoms with Gasteiger partial charge in [-0.05, 0) is 13.3 Å². The van der Waals surface area contributed by atoms with Crippen molar-refractivity contribution < 1.29 is 61.6 Å². The quantitative estimate of drug-likeness (QED) is 0.0935. The number of hydrogen-bond donors (Lipinski definition) is 0. The van der Waals surface area contributed by atoms with Gasteiger partial charge in [-0.25, -0.2) is 0 Å². The first-order valence-corrected chi connectivity index (χ1v) is 15.2. The van der Waals surface area contributed by atoms with Gasteiger partial charge in [0.05, 0.1) is 152 Å². The predicted molar refractivity (Wildman–Crippen MR) is 155 cm³/mol. The Bertz CT molecular complexity index is 514. The fourth-order valence-electron chi connectivity index (χ4n) is 2.88. The Labute approximate surface area is 252 Å². The predicted octanol–water partition coefficient (Wildman–Crippen LogP) is 1.57. The summed E-state index contributed by atoms with van der Waals surface area (Å²) >= 11 is 0. The molecule has 252 valence electrons. The lowest BCUT2D eigenvalue weighted by Gasteiger charge is -2.09. The minimum Gasteiger partial charge on any atom is -0.379 e. The van der Waals surface area contributed by atoms with Crippen LogP contribution in [0.3, 0.4) is 0 Å². The van der Waals surface area contributed by atoms with Gasteiger partial charge in [0, 0.05) is 13.0 Å². The lowest BCUT2D eigenvalue weighted by atomic mass is 10.3. The highest BCUT2D eigenvalue weighted by molar-refractivity contribution is 5.75. The summed E-state index contributed by atoms with van der Waals surface area (Å²) in [6.45, 7) is 16.3. The fourth-order valence-corrected chi connectivity index (χ4v) is 2.88. The molecule has 0 aromatic rings. The van der Waals surface area contributed by atoms with E-state index in [1.165, 1.54) is 0 Å². The van der Waals surface area contributed by atoms with Gasteiger partial charge < -0.3 is 56.8 Å². The number of carbonyl (C=O) groups is 1. The van der Waals surface area contributed by atoms with Gasteiger partial charge in [-0.2, -0.15) is 0 Å². The molecule has 13 nitrogen and oxygen atoms in total. The van der Waals surface area contributed by atoms with Crippen molar-refractivity contribution in [3.8, 4) is 0 Å². The molecule has 0 saturated heterocycles. The lowest BCUT2D eigenvalue weighted by Crippen LogP contribution is -2.15. The summed E-state index contributed by atoms with van der Waals surface area (Å²) in [6.07, 6.45) is 1.47. The molecule has 0 fully saturated rings. The third-order valence-corrected chi connectivity index (χ3v) is 5.04. The second-order valence-electron chi connectivity index (χ2n) is 8.80. The van der Waals surface area contributed by atoms with E-state index in [9.17, 15) is 4.79 Å². The monoisotopic (exact) mass is 614 g/mol. The van der Waals surface area contributed by atoms with Crippen LogP contribution in [0.4, 0.5) is 0 Å². The number of ether oxygens (including phenoxy) is 12. The largest absolute Gasteiger partial charge is 0.379 e. The molecule has 0 bridgehead atoms. The first-order chi connectivity index (χ1) is 20.8. The molecule has 0 aromatic heterocycles. The molecule has 0 amide bonds. The Morgan fingerprint density at radius 1 is 0.310 bits per heavy atom. The highest BCUT2D eigenvalue weighted by atomic mass is 16.6. The van der Waals surface area contributed by atoms with Crippen molar-refractivity contribution in [2.75, 3.05) is 159 Å². The second-order valence-corrected chi connectivity index (χ2v) is 8.80. The first-order valence-electron chi connectivity index (χ1n) is 15.2. The minimum atomic E-state index is 0.127. The van der Waals surface area contributed by atoms with Gasteiger partial charge in [0.1, 0.15) is 5.78 Å². The smallest absolute Gasteiger partial charge is 0.132 e. The summed E-state index contributed by atoms with van der Waals surface area (Å²) in [4.78, 5) is 10.8. The zero-order chi connectivity index (χ0) is 30.4. The van der Waals surface area contributed by atoms with Crippen molar-refractivity contribution in [3.63, 3.8) is 0 Å². The van der Waals surface area contributed by atoms with Gasteiger partial charge in [0.2, 0.25) is 0 Å². The number of hydrogen-bond acceptors (Lipinski definition) is 13. The van der Waals surface area contributed by atoms with Crippen LogP contribution in [-0.4, -0.2) is 164 Å². The van der Waals surface area contributed by atoms with Crippen molar-refractivity contribution in [2.45, 2.75) is 26.7 Å². The van der Waals surface area contributed by atoms with E-state index < -0.39 is 0 Å². The van der Waals surface area contributed by atoms with Crippen LogP contribution >= 0.6 is 0 Å². The maximum Gasteiger partial charge on any atom is 0.132 e. The van der Waals surface area contributed by atoms with Gasteiger partial charge in [-0.3, -0.25) is 4.79 Å². The molecule has 0 aliphatic rings. The number of rotatable bonds is 38. The third kappa shape index (κ3) is 39.2. The van der Waals surface area contributed by atoms with E-state index in [1.54, 1.807) is 6.92 Å². The van der Waals surface area contributed by atoms with Gasteiger partial charge in [-0.15, -0.1) is 0 Å². The topological polar surface area (TPSA) is 128 Å². The van der Waals surface area contributed by atoms with E-state index in [-0.39, 0.29) is 5.78 Å². The normalized spacial score (nSPS) is 11.5. The molecular formula is C29H58O13. The molecule has 0 unspecified atom stereocenters. The van der Waals surface area contributed by atoms with Crippen LogP contribution in [0.15, 0.2) is 0 Å². The Morgan fingerprint density at radius 3 is 0.643 bits per heavy atom. The van der Waals surface area contributed by atoms with Crippen molar-refractivity contribution in [1.82, 2.24) is 0 Å². The molecule has 42 heavy (non-hydrogen) atoms. The molecular weight excluding hydrogens is 556 g/mol. The van der Waals surface area contributed by atoms with E-state index in [4.69, 9.17) is 56.8 Å². The molecule has 0 saturated carbocycles. The molecule has 0 rings (SSSR count). The van der Waals surface area contributed by atoms with E-state index in [0.29, 0.717) is 158 Å². The number of ketones is 1.